The highest BCUT2D eigenvalue weighted by molar-refractivity contribution is 5.91. The number of aliphatic hydroxyl groups is 1. The number of aliphatic hydroxyl groups excluding tert-OH is 1. The number of fused-ring (bicyclic) bond motifs is 5. The van der Waals surface area contributed by atoms with Gasteiger partial charge in [0.2, 0.25) is 0 Å². The summed E-state index contributed by atoms with van der Waals surface area (Å²) in [6, 6.07) is 0. The van der Waals surface area contributed by atoms with Crippen LogP contribution >= 0.6 is 0 Å². The molecule has 7 atom stereocenters. The average Bonchev–Trinajstić information content (AvgIpc) is 2.84. The van der Waals surface area contributed by atoms with Crippen LogP contribution in [0.1, 0.15) is 65.7 Å². The lowest BCUT2D eigenvalue weighted by Crippen LogP contribution is -2.56. The molecule has 0 saturated heterocycles. The molecule has 4 aliphatic carbocycles. The summed E-state index contributed by atoms with van der Waals surface area (Å²) >= 11 is 0. The third-order valence-corrected chi connectivity index (χ3v) is 8.38. The van der Waals surface area contributed by atoms with E-state index in [-0.39, 0.29) is 34.6 Å². The number of rotatable bonds is 1. The summed E-state index contributed by atoms with van der Waals surface area (Å²) in [5.74, 6) is 1.99. The van der Waals surface area contributed by atoms with E-state index < -0.39 is 0 Å². The quantitative estimate of drug-likeness (QED) is 0.797. The monoisotopic (exact) mass is 330 g/mol. The lowest BCUT2D eigenvalue weighted by molar-refractivity contribution is -0.143. The second kappa shape index (κ2) is 5.27. The molecule has 3 saturated carbocycles. The van der Waals surface area contributed by atoms with E-state index in [9.17, 15) is 14.7 Å². The summed E-state index contributed by atoms with van der Waals surface area (Å²) < 4.78 is 0. The second-order valence-electron chi connectivity index (χ2n) is 9.41. The van der Waals surface area contributed by atoms with Crippen LogP contribution in [0.3, 0.4) is 0 Å². The molecule has 1 N–H and O–H groups in total. The lowest BCUT2D eigenvalue weighted by atomic mass is 9.46. The predicted molar refractivity (Wildman–Crippen MR) is 92.3 cm³/mol. The van der Waals surface area contributed by atoms with E-state index in [1.165, 1.54) is 5.57 Å². The van der Waals surface area contributed by atoms with E-state index in [4.69, 9.17) is 0 Å². The van der Waals surface area contributed by atoms with Crippen molar-refractivity contribution in [2.24, 2.45) is 34.5 Å². The Morgan fingerprint density at radius 2 is 1.96 bits per heavy atom. The van der Waals surface area contributed by atoms with Crippen molar-refractivity contribution in [3.63, 3.8) is 0 Å². The molecule has 24 heavy (non-hydrogen) atoms. The molecule has 132 valence electrons. The molecule has 0 radical (unpaired) electrons. The molecular weight excluding hydrogens is 300 g/mol. The molecule has 4 rings (SSSR count). The number of hydrogen-bond donors (Lipinski definition) is 1. The Labute approximate surface area is 144 Å². The van der Waals surface area contributed by atoms with Crippen LogP contribution in [0.4, 0.5) is 0 Å². The SMILES string of the molecule is CC(=O)C1CC[C@@H]2[C@H]3CCC4=CC(=O)CC[C@]4(C)[C@H]3C(O)C[C@]12C. The summed E-state index contributed by atoms with van der Waals surface area (Å²) in [4.78, 5) is 24.0. The number of Topliss-reactive ketones (excluding diaryl/α,β-unsaturated/α-hetero) is 1. The summed E-state index contributed by atoms with van der Waals surface area (Å²) in [5, 5.41) is 11.2. The third-order valence-electron chi connectivity index (χ3n) is 8.38. The zero-order chi connectivity index (χ0) is 17.3. The van der Waals surface area contributed by atoms with Gasteiger partial charge < -0.3 is 5.11 Å². The van der Waals surface area contributed by atoms with Crippen LogP contribution in [0, 0.1) is 34.5 Å². The fourth-order valence-electron chi connectivity index (χ4n) is 7.35. The first-order valence-electron chi connectivity index (χ1n) is 9.70. The molecule has 4 aliphatic rings. The summed E-state index contributed by atoms with van der Waals surface area (Å²) in [7, 11) is 0. The van der Waals surface area contributed by atoms with Crippen molar-refractivity contribution >= 4 is 11.6 Å². The molecule has 0 aromatic heterocycles. The van der Waals surface area contributed by atoms with Gasteiger partial charge in [0.05, 0.1) is 6.10 Å². The Morgan fingerprint density at radius 1 is 1.21 bits per heavy atom. The number of ketones is 2. The Morgan fingerprint density at radius 3 is 2.67 bits per heavy atom. The van der Waals surface area contributed by atoms with Gasteiger partial charge in [0.15, 0.2) is 5.78 Å². The second-order valence-corrected chi connectivity index (χ2v) is 9.41. The maximum absolute atomic E-state index is 12.2. The fourth-order valence-corrected chi connectivity index (χ4v) is 7.35. The van der Waals surface area contributed by atoms with Gasteiger partial charge in [0, 0.05) is 12.3 Å². The van der Waals surface area contributed by atoms with E-state index in [1.807, 2.05) is 6.08 Å². The van der Waals surface area contributed by atoms with Gasteiger partial charge in [-0.3, -0.25) is 9.59 Å². The van der Waals surface area contributed by atoms with Crippen LogP contribution < -0.4 is 0 Å². The molecule has 0 aromatic rings. The molecule has 3 nitrogen and oxygen atoms in total. The van der Waals surface area contributed by atoms with Crippen molar-refractivity contribution in [1.29, 1.82) is 0 Å². The maximum atomic E-state index is 12.2. The van der Waals surface area contributed by atoms with Crippen LogP contribution in [0.25, 0.3) is 0 Å². The van der Waals surface area contributed by atoms with E-state index in [0.717, 1.165) is 38.5 Å². The topological polar surface area (TPSA) is 54.4 Å². The van der Waals surface area contributed by atoms with Gasteiger partial charge in [-0.25, -0.2) is 0 Å². The number of carbonyl (C=O) groups is 2. The zero-order valence-corrected chi connectivity index (χ0v) is 15.2. The Kier molecular flexibility index (Phi) is 3.62. The molecule has 3 fully saturated rings. The van der Waals surface area contributed by atoms with Gasteiger partial charge in [-0.2, -0.15) is 0 Å². The van der Waals surface area contributed by atoms with E-state index in [1.54, 1.807) is 6.92 Å². The summed E-state index contributed by atoms with van der Waals surface area (Å²) in [5.41, 5.74) is 1.23. The molecule has 0 aromatic carbocycles. The van der Waals surface area contributed by atoms with Gasteiger partial charge in [0.1, 0.15) is 5.78 Å². The highest BCUT2D eigenvalue weighted by Gasteiger charge is 2.62. The standard InChI is InChI=1S/C21H30O3/c1-12(22)16-6-7-17-15-5-4-13-10-14(23)8-9-20(13,2)19(15)18(24)11-21(16,17)3/h10,15-19,24H,4-9,11H2,1-3H3/t15-,16?,17-,18?,19-,20+,21-/m1/s1. The molecule has 0 heterocycles. The van der Waals surface area contributed by atoms with Crippen LogP contribution in [-0.2, 0) is 9.59 Å². The lowest BCUT2D eigenvalue weighted by Gasteiger charge is -2.59. The predicted octanol–water partition coefficient (Wildman–Crippen LogP) is 3.69. The van der Waals surface area contributed by atoms with Crippen molar-refractivity contribution in [2.75, 3.05) is 0 Å². The van der Waals surface area contributed by atoms with Gasteiger partial charge in [0.25, 0.3) is 0 Å². The molecular formula is C21H30O3. The fraction of sp³-hybridized carbons (Fsp3) is 0.810. The minimum absolute atomic E-state index is 0.0219. The van der Waals surface area contributed by atoms with Crippen LogP contribution in [0.2, 0.25) is 0 Å². The van der Waals surface area contributed by atoms with E-state index in [2.05, 4.69) is 13.8 Å². The third kappa shape index (κ3) is 2.06. The summed E-state index contributed by atoms with van der Waals surface area (Å²) in [6.45, 7) is 6.27. The number of allylic oxidation sites excluding steroid dienone is 1. The van der Waals surface area contributed by atoms with Crippen molar-refractivity contribution in [1.82, 2.24) is 0 Å². The van der Waals surface area contributed by atoms with E-state index in [0.29, 0.717) is 24.0 Å². The number of hydrogen-bond acceptors (Lipinski definition) is 3. The normalized spacial score (nSPS) is 50.6. The average molecular weight is 330 g/mol. The first-order chi connectivity index (χ1) is 11.3. The van der Waals surface area contributed by atoms with Crippen molar-refractivity contribution in [3.8, 4) is 0 Å². The van der Waals surface area contributed by atoms with Gasteiger partial charge in [-0.05, 0) is 80.1 Å². The molecule has 0 amide bonds. The maximum Gasteiger partial charge on any atom is 0.155 e. The van der Waals surface area contributed by atoms with Crippen molar-refractivity contribution in [3.05, 3.63) is 11.6 Å². The molecule has 2 unspecified atom stereocenters. The van der Waals surface area contributed by atoms with Crippen LogP contribution in [-0.4, -0.2) is 22.8 Å². The Balaban J connectivity index is 1.72. The Hall–Kier alpha value is -0.960. The number of carbonyl (C=O) groups excluding carboxylic acids is 2. The smallest absolute Gasteiger partial charge is 0.155 e. The first kappa shape index (κ1) is 16.5. The van der Waals surface area contributed by atoms with E-state index >= 15 is 0 Å². The van der Waals surface area contributed by atoms with Crippen molar-refractivity contribution in [2.45, 2.75) is 71.8 Å². The van der Waals surface area contributed by atoms with Crippen molar-refractivity contribution < 1.29 is 14.7 Å². The summed E-state index contributed by atoms with van der Waals surface area (Å²) in [6.07, 6.45) is 7.97. The molecule has 0 bridgehead atoms. The van der Waals surface area contributed by atoms with Crippen LogP contribution in [0.5, 0.6) is 0 Å². The van der Waals surface area contributed by atoms with Gasteiger partial charge >= 0.3 is 0 Å². The van der Waals surface area contributed by atoms with Gasteiger partial charge in [-0.1, -0.05) is 19.4 Å². The Bertz CT molecular complexity index is 621. The largest absolute Gasteiger partial charge is 0.393 e. The first-order valence-corrected chi connectivity index (χ1v) is 9.70. The molecule has 0 aliphatic heterocycles. The van der Waals surface area contributed by atoms with Crippen LogP contribution in [0.15, 0.2) is 11.6 Å². The zero-order valence-electron chi connectivity index (χ0n) is 15.2. The highest BCUT2D eigenvalue weighted by Crippen LogP contribution is 2.66. The minimum atomic E-state index is -0.349. The highest BCUT2D eigenvalue weighted by atomic mass is 16.3. The molecule has 0 spiro atoms. The van der Waals surface area contributed by atoms with Gasteiger partial charge in [-0.15, -0.1) is 0 Å². The molecule has 3 heteroatoms. The minimum Gasteiger partial charge on any atom is -0.393 e.